The molecule has 0 aliphatic rings. The maximum absolute atomic E-state index is 12.0. The molecular formula is C10H14F4. The number of rotatable bonds is 2. The molecule has 0 aromatic carbocycles. The molecule has 0 bridgehead atoms. The molecule has 0 nitrogen and oxygen atoms in total. The molecule has 0 aliphatic heterocycles. The summed E-state index contributed by atoms with van der Waals surface area (Å²) in [6.45, 7) is 10.9. The van der Waals surface area contributed by atoms with Gasteiger partial charge in [-0.05, 0) is 18.6 Å². The van der Waals surface area contributed by atoms with Gasteiger partial charge in [-0.25, -0.2) is 4.39 Å². The fourth-order valence-electron chi connectivity index (χ4n) is 0.604. The van der Waals surface area contributed by atoms with Gasteiger partial charge < -0.3 is 0 Å². The predicted octanol–water partition coefficient (Wildman–Crippen LogP) is 4.56. The van der Waals surface area contributed by atoms with Gasteiger partial charge in [-0.1, -0.05) is 27.0 Å². The molecule has 0 unspecified atom stereocenters. The summed E-state index contributed by atoms with van der Waals surface area (Å²) in [5.41, 5.74) is -1.32. The predicted molar refractivity (Wildman–Crippen MR) is 50.5 cm³/mol. The van der Waals surface area contributed by atoms with Crippen LogP contribution in [0.5, 0.6) is 0 Å². The summed E-state index contributed by atoms with van der Waals surface area (Å²) < 4.78 is 48.0. The first-order valence-corrected chi connectivity index (χ1v) is 4.04. The normalized spacial score (nSPS) is 11.5. The lowest BCUT2D eigenvalue weighted by atomic mass is 10.1. The molecule has 0 saturated carbocycles. The second-order valence-corrected chi connectivity index (χ2v) is 2.28. The zero-order valence-electron chi connectivity index (χ0n) is 8.50. The van der Waals surface area contributed by atoms with E-state index >= 15 is 0 Å². The first kappa shape index (κ1) is 15.4. The van der Waals surface area contributed by atoms with E-state index in [0.29, 0.717) is 6.08 Å². The molecule has 0 fully saturated rings. The van der Waals surface area contributed by atoms with E-state index in [0.717, 1.165) is 6.92 Å². The van der Waals surface area contributed by atoms with E-state index in [1.54, 1.807) is 0 Å². The Kier molecular flexibility index (Phi) is 7.05. The van der Waals surface area contributed by atoms with Crippen LogP contribution >= 0.6 is 0 Å². The molecule has 14 heavy (non-hydrogen) atoms. The summed E-state index contributed by atoms with van der Waals surface area (Å²) in [5, 5.41) is 0. The third-order valence-corrected chi connectivity index (χ3v) is 1.07. The Hall–Kier alpha value is -1.06. The fraction of sp³-hybridized carbons (Fsp3) is 0.400. The average molecular weight is 210 g/mol. The molecule has 0 radical (unpaired) electrons. The highest BCUT2D eigenvalue weighted by atomic mass is 19.4. The maximum atomic E-state index is 12.0. The second kappa shape index (κ2) is 6.40. The van der Waals surface area contributed by atoms with Gasteiger partial charge in [0.25, 0.3) is 0 Å². The molecule has 0 atom stereocenters. The Morgan fingerprint density at radius 3 is 1.57 bits per heavy atom. The van der Waals surface area contributed by atoms with Crippen LogP contribution in [0.3, 0.4) is 0 Å². The van der Waals surface area contributed by atoms with Crippen molar-refractivity contribution in [1.29, 1.82) is 0 Å². The van der Waals surface area contributed by atoms with Gasteiger partial charge in [0.1, 0.15) is 5.83 Å². The van der Waals surface area contributed by atoms with Crippen LogP contribution in [-0.2, 0) is 0 Å². The SMILES string of the molecule is C=C(F)/C=C(\C(=C)C)C(F)(F)F.CC. The van der Waals surface area contributed by atoms with Crippen LogP contribution in [0.2, 0.25) is 0 Å². The van der Waals surface area contributed by atoms with Gasteiger partial charge in [0.2, 0.25) is 0 Å². The molecule has 82 valence electrons. The van der Waals surface area contributed by atoms with E-state index in [2.05, 4.69) is 13.2 Å². The number of hydrogen-bond donors (Lipinski definition) is 0. The molecular weight excluding hydrogens is 196 g/mol. The number of hydrogen-bond acceptors (Lipinski definition) is 0. The first-order chi connectivity index (χ1) is 6.25. The smallest absolute Gasteiger partial charge is 0.208 e. The topological polar surface area (TPSA) is 0 Å². The van der Waals surface area contributed by atoms with Gasteiger partial charge >= 0.3 is 6.18 Å². The minimum atomic E-state index is -4.57. The van der Waals surface area contributed by atoms with E-state index < -0.39 is 17.6 Å². The van der Waals surface area contributed by atoms with Crippen molar-refractivity contribution in [1.82, 2.24) is 0 Å². The highest BCUT2D eigenvalue weighted by Gasteiger charge is 2.33. The van der Waals surface area contributed by atoms with Gasteiger partial charge in [0, 0.05) is 0 Å². The third kappa shape index (κ3) is 6.46. The summed E-state index contributed by atoms with van der Waals surface area (Å²) in [6, 6.07) is 0. The monoisotopic (exact) mass is 210 g/mol. The van der Waals surface area contributed by atoms with Crippen LogP contribution in [0.15, 0.2) is 36.2 Å². The lowest BCUT2D eigenvalue weighted by Gasteiger charge is -2.10. The highest BCUT2D eigenvalue weighted by Crippen LogP contribution is 2.31. The van der Waals surface area contributed by atoms with Gasteiger partial charge in [0.15, 0.2) is 0 Å². The van der Waals surface area contributed by atoms with Crippen molar-refractivity contribution in [3.05, 3.63) is 36.2 Å². The van der Waals surface area contributed by atoms with E-state index in [9.17, 15) is 17.6 Å². The minimum Gasteiger partial charge on any atom is -0.208 e. The third-order valence-electron chi connectivity index (χ3n) is 1.07. The molecule has 4 heteroatoms. The van der Waals surface area contributed by atoms with Gasteiger partial charge in [0.05, 0.1) is 5.57 Å². The Labute approximate surface area is 81.6 Å². The van der Waals surface area contributed by atoms with Crippen molar-refractivity contribution < 1.29 is 17.6 Å². The largest absolute Gasteiger partial charge is 0.416 e. The highest BCUT2D eigenvalue weighted by molar-refractivity contribution is 5.34. The van der Waals surface area contributed by atoms with Crippen LogP contribution in [0, 0.1) is 0 Å². The zero-order valence-corrected chi connectivity index (χ0v) is 8.50. The maximum Gasteiger partial charge on any atom is 0.416 e. The van der Waals surface area contributed by atoms with Crippen LogP contribution in [0.1, 0.15) is 20.8 Å². The van der Waals surface area contributed by atoms with E-state index in [-0.39, 0.29) is 5.57 Å². The molecule has 0 heterocycles. The minimum absolute atomic E-state index is 0.235. The summed E-state index contributed by atoms with van der Waals surface area (Å²) in [5.74, 6) is -1.13. The van der Waals surface area contributed by atoms with Crippen molar-refractivity contribution in [3.8, 4) is 0 Å². The van der Waals surface area contributed by atoms with Crippen LogP contribution in [0.4, 0.5) is 17.6 Å². The van der Waals surface area contributed by atoms with Crippen LogP contribution in [-0.4, -0.2) is 6.18 Å². The van der Waals surface area contributed by atoms with Crippen LogP contribution < -0.4 is 0 Å². The van der Waals surface area contributed by atoms with Crippen molar-refractivity contribution in [2.45, 2.75) is 26.9 Å². The van der Waals surface area contributed by atoms with E-state index in [1.165, 1.54) is 0 Å². The molecule has 0 spiro atoms. The Morgan fingerprint density at radius 2 is 1.50 bits per heavy atom. The van der Waals surface area contributed by atoms with E-state index in [4.69, 9.17) is 0 Å². The summed E-state index contributed by atoms with van der Waals surface area (Å²) >= 11 is 0. The Balaban J connectivity index is 0. The number of alkyl halides is 3. The quantitative estimate of drug-likeness (QED) is 0.463. The van der Waals surface area contributed by atoms with Crippen LogP contribution in [0.25, 0.3) is 0 Å². The van der Waals surface area contributed by atoms with Gasteiger partial charge in [-0.15, -0.1) is 0 Å². The van der Waals surface area contributed by atoms with Crippen molar-refractivity contribution >= 4 is 0 Å². The van der Waals surface area contributed by atoms with Crippen molar-refractivity contribution in [3.63, 3.8) is 0 Å². The van der Waals surface area contributed by atoms with Gasteiger partial charge in [-0.2, -0.15) is 13.2 Å². The number of allylic oxidation sites excluding steroid dienone is 4. The molecule has 0 amide bonds. The molecule has 0 aromatic heterocycles. The Morgan fingerprint density at radius 1 is 1.14 bits per heavy atom. The summed E-state index contributed by atoms with van der Waals surface area (Å²) in [7, 11) is 0. The van der Waals surface area contributed by atoms with Gasteiger partial charge in [-0.3, -0.25) is 0 Å². The molecule has 0 N–H and O–H groups in total. The lowest BCUT2D eigenvalue weighted by Crippen LogP contribution is -2.12. The molecule has 0 rings (SSSR count). The fourth-order valence-corrected chi connectivity index (χ4v) is 0.604. The first-order valence-electron chi connectivity index (χ1n) is 4.04. The summed E-state index contributed by atoms with van der Waals surface area (Å²) in [4.78, 5) is 0. The summed E-state index contributed by atoms with van der Waals surface area (Å²) in [6.07, 6.45) is -4.25. The average Bonchev–Trinajstić information content (AvgIpc) is 2.01. The standard InChI is InChI=1S/C8H8F4.C2H6/c1-5(2)7(4-6(3)9)8(10,11)12;1-2/h4H,1,3H2,2H3;1-2H3/b7-4+;. The Bertz CT molecular complexity index is 233. The number of halogens is 4. The molecule has 0 saturated heterocycles. The lowest BCUT2D eigenvalue weighted by molar-refractivity contribution is -0.0893. The molecule has 0 aromatic rings. The zero-order chi connectivity index (χ0) is 11.9. The van der Waals surface area contributed by atoms with Crippen molar-refractivity contribution in [2.24, 2.45) is 0 Å². The second-order valence-electron chi connectivity index (χ2n) is 2.28. The van der Waals surface area contributed by atoms with E-state index in [1.807, 2.05) is 13.8 Å². The molecule has 0 aliphatic carbocycles. The van der Waals surface area contributed by atoms with Crippen molar-refractivity contribution in [2.75, 3.05) is 0 Å².